The number of carbonyl (C=O) groups excluding carboxylic acids is 1. The Morgan fingerprint density at radius 3 is 2.54 bits per heavy atom. The number of nitrogens with one attached hydrogen (secondary N) is 1. The first-order valence-corrected chi connectivity index (χ1v) is 7.61. The Labute approximate surface area is 154 Å². The van der Waals surface area contributed by atoms with Crippen molar-refractivity contribution in [2.45, 2.75) is 6.18 Å². The molecule has 0 saturated carbocycles. The zero-order chi connectivity index (χ0) is 20.5. The number of nitro groups is 1. The van der Waals surface area contributed by atoms with Crippen LogP contribution in [-0.4, -0.2) is 20.4 Å². The summed E-state index contributed by atoms with van der Waals surface area (Å²) in [7, 11) is 0. The smallest absolute Gasteiger partial charge is 0.322 e. The van der Waals surface area contributed by atoms with Gasteiger partial charge in [0.05, 0.1) is 16.8 Å². The van der Waals surface area contributed by atoms with Crippen LogP contribution in [0.1, 0.15) is 15.9 Å². The van der Waals surface area contributed by atoms with E-state index in [1.165, 1.54) is 35.4 Å². The molecule has 3 aromatic rings. The predicted octanol–water partition coefficient (Wildman–Crippen LogP) is 4.19. The second-order valence-electron chi connectivity index (χ2n) is 5.58. The Balaban J connectivity index is 1.91. The molecule has 0 unspecified atom stereocenters. The molecule has 0 saturated heterocycles. The van der Waals surface area contributed by atoms with Crippen LogP contribution in [0.25, 0.3) is 5.69 Å². The van der Waals surface area contributed by atoms with Gasteiger partial charge in [-0.2, -0.15) is 13.2 Å². The largest absolute Gasteiger partial charge is 0.419 e. The zero-order valence-electron chi connectivity index (χ0n) is 13.8. The third-order valence-electron chi connectivity index (χ3n) is 3.75. The molecule has 11 heteroatoms. The van der Waals surface area contributed by atoms with Crippen molar-refractivity contribution in [3.63, 3.8) is 0 Å². The van der Waals surface area contributed by atoms with Crippen LogP contribution in [0.2, 0.25) is 0 Å². The molecular weight excluding hydrogens is 384 g/mol. The predicted molar refractivity (Wildman–Crippen MR) is 89.6 cm³/mol. The van der Waals surface area contributed by atoms with Gasteiger partial charge in [-0.25, -0.2) is 9.37 Å². The van der Waals surface area contributed by atoms with Gasteiger partial charge in [0, 0.05) is 29.7 Å². The van der Waals surface area contributed by atoms with Crippen molar-refractivity contribution in [2.24, 2.45) is 0 Å². The molecule has 3 rings (SSSR count). The quantitative estimate of drug-likeness (QED) is 0.408. The summed E-state index contributed by atoms with van der Waals surface area (Å²) in [6, 6.07) is 5.53. The van der Waals surface area contributed by atoms with Gasteiger partial charge < -0.3 is 9.88 Å². The molecule has 0 spiro atoms. The first-order valence-electron chi connectivity index (χ1n) is 7.61. The van der Waals surface area contributed by atoms with Crippen LogP contribution in [0.5, 0.6) is 0 Å². The molecule has 0 bridgehead atoms. The number of rotatable bonds is 4. The van der Waals surface area contributed by atoms with E-state index in [1.807, 2.05) is 0 Å². The van der Waals surface area contributed by atoms with E-state index in [-0.39, 0.29) is 16.9 Å². The maximum atomic E-state index is 13.3. The molecule has 0 aliphatic carbocycles. The summed E-state index contributed by atoms with van der Waals surface area (Å²) in [4.78, 5) is 26.7. The molecule has 0 atom stereocenters. The number of alkyl halides is 3. The Morgan fingerprint density at radius 1 is 1.18 bits per heavy atom. The van der Waals surface area contributed by atoms with Gasteiger partial charge in [0.1, 0.15) is 11.5 Å². The molecule has 7 nitrogen and oxygen atoms in total. The lowest BCUT2D eigenvalue weighted by Crippen LogP contribution is -2.14. The normalized spacial score (nSPS) is 11.3. The van der Waals surface area contributed by atoms with Crippen molar-refractivity contribution in [1.29, 1.82) is 0 Å². The third kappa shape index (κ3) is 3.82. The van der Waals surface area contributed by atoms with E-state index < -0.39 is 34.1 Å². The van der Waals surface area contributed by atoms with Crippen molar-refractivity contribution in [3.8, 4) is 5.69 Å². The van der Waals surface area contributed by atoms with E-state index in [0.717, 1.165) is 12.1 Å². The van der Waals surface area contributed by atoms with Crippen molar-refractivity contribution in [1.82, 2.24) is 9.55 Å². The molecule has 1 heterocycles. The van der Waals surface area contributed by atoms with Crippen LogP contribution < -0.4 is 5.32 Å². The van der Waals surface area contributed by atoms with Gasteiger partial charge in [0.25, 0.3) is 11.6 Å². The topological polar surface area (TPSA) is 90.1 Å². The Kier molecular flexibility index (Phi) is 4.82. The molecule has 28 heavy (non-hydrogen) atoms. The number of halogens is 4. The van der Waals surface area contributed by atoms with Gasteiger partial charge in [-0.1, -0.05) is 0 Å². The summed E-state index contributed by atoms with van der Waals surface area (Å²) in [6.07, 6.45) is -0.717. The maximum absolute atomic E-state index is 13.3. The maximum Gasteiger partial charge on any atom is 0.419 e. The molecular formula is C17H10F4N4O3. The van der Waals surface area contributed by atoms with E-state index in [4.69, 9.17) is 0 Å². The molecule has 0 aliphatic rings. The average molecular weight is 394 g/mol. The summed E-state index contributed by atoms with van der Waals surface area (Å²) in [5.41, 5.74) is -2.25. The lowest BCUT2D eigenvalue weighted by Gasteiger charge is -2.11. The Hall–Kier alpha value is -3.76. The van der Waals surface area contributed by atoms with Gasteiger partial charge in [-0.15, -0.1) is 0 Å². The summed E-state index contributed by atoms with van der Waals surface area (Å²) in [5.74, 6) is -2.37. The summed E-state index contributed by atoms with van der Waals surface area (Å²) < 4.78 is 53.0. The third-order valence-corrected chi connectivity index (χ3v) is 3.75. The fourth-order valence-corrected chi connectivity index (χ4v) is 2.45. The lowest BCUT2D eigenvalue weighted by molar-refractivity contribution is -0.384. The van der Waals surface area contributed by atoms with E-state index in [9.17, 15) is 32.5 Å². The average Bonchev–Trinajstić information content (AvgIpc) is 3.16. The van der Waals surface area contributed by atoms with Crippen LogP contribution >= 0.6 is 0 Å². The number of benzene rings is 2. The summed E-state index contributed by atoms with van der Waals surface area (Å²) in [5, 5.41) is 13.5. The Morgan fingerprint density at radius 2 is 1.93 bits per heavy atom. The lowest BCUT2D eigenvalue weighted by atomic mass is 10.1. The number of anilines is 1. The molecule has 0 fully saturated rings. The first-order chi connectivity index (χ1) is 13.2. The van der Waals surface area contributed by atoms with Crippen LogP contribution in [0.4, 0.5) is 28.9 Å². The minimum Gasteiger partial charge on any atom is -0.322 e. The second kappa shape index (κ2) is 7.10. The molecule has 1 N–H and O–H groups in total. The highest BCUT2D eigenvalue weighted by atomic mass is 19.4. The van der Waals surface area contributed by atoms with Gasteiger partial charge in [0.15, 0.2) is 0 Å². The number of amides is 1. The molecule has 1 amide bonds. The standard InChI is InChI=1S/C17H10F4N4O3/c18-13-3-2-11(8-12(13)17(19,20)21)23-16(26)10-1-4-14(15(7-10)25(27)28)24-6-5-22-9-24/h1-9H,(H,23,26). The number of aromatic nitrogens is 2. The van der Waals surface area contributed by atoms with E-state index in [2.05, 4.69) is 10.3 Å². The second-order valence-corrected chi connectivity index (χ2v) is 5.58. The zero-order valence-corrected chi connectivity index (χ0v) is 13.8. The number of imidazole rings is 1. The molecule has 144 valence electrons. The van der Waals surface area contributed by atoms with Gasteiger partial charge in [0.2, 0.25) is 0 Å². The minimum atomic E-state index is -4.93. The Bertz CT molecular complexity index is 1050. The van der Waals surface area contributed by atoms with E-state index >= 15 is 0 Å². The monoisotopic (exact) mass is 394 g/mol. The number of carbonyl (C=O) groups is 1. The van der Waals surface area contributed by atoms with Crippen LogP contribution in [0, 0.1) is 15.9 Å². The van der Waals surface area contributed by atoms with Gasteiger partial charge in [-0.05, 0) is 30.3 Å². The molecule has 1 aromatic heterocycles. The fraction of sp³-hybridized carbons (Fsp3) is 0.0588. The van der Waals surface area contributed by atoms with Crippen molar-refractivity contribution < 1.29 is 27.3 Å². The van der Waals surface area contributed by atoms with Crippen molar-refractivity contribution in [2.75, 3.05) is 5.32 Å². The van der Waals surface area contributed by atoms with E-state index in [0.29, 0.717) is 12.1 Å². The number of hydrogen-bond acceptors (Lipinski definition) is 4. The minimum absolute atomic E-state index is 0.153. The summed E-state index contributed by atoms with van der Waals surface area (Å²) >= 11 is 0. The number of nitro benzene ring substituents is 1. The van der Waals surface area contributed by atoms with Crippen LogP contribution in [0.3, 0.4) is 0 Å². The highest BCUT2D eigenvalue weighted by Gasteiger charge is 2.34. The van der Waals surface area contributed by atoms with Crippen molar-refractivity contribution in [3.05, 3.63) is 82.2 Å². The summed E-state index contributed by atoms with van der Waals surface area (Å²) in [6.45, 7) is 0. The van der Waals surface area contributed by atoms with Crippen LogP contribution in [0.15, 0.2) is 55.1 Å². The van der Waals surface area contributed by atoms with Crippen molar-refractivity contribution >= 4 is 17.3 Å². The molecule has 0 radical (unpaired) electrons. The highest BCUT2D eigenvalue weighted by Crippen LogP contribution is 2.33. The van der Waals surface area contributed by atoms with Crippen LogP contribution in [-0.2, 0) is 6.18 Å². The fourth-order valence-electron chi connectivity index (χ4n) is 2.45. The first kappa shape index (κ1) is 19.0. The van der Waals surface area contributed by atoms with Gasteiger partial charge in [-0.3, -0.25) is 14.9 Å². The highest BCUT2D eigenvalue weighted by molar-refractivity contribution is 6.05. The van der Waals surface area contributed by atoms with Gasteiger partial charge >= 0.3 is 6.18 Å². The number of hydrogen-bond donors (Lipinski definition) is 1. The molecule has 0 aliphatic heterocycles. The number of nitrogens with zero attached hydrogens (tertiary/aromatic N) is 3. The SMILES string of the molecule is O=C(Nc1ccc(F)c(C(F)(F)F)c1)c1ccc(-n2ccnc2)c([N+](=O)[O-])c1. The molecule has 2 aromatic carbocycles. The van der Waals surface area contributed by atoms with E-state index in [1.54, 1.807) is 0 Å².